The molecule has 2 aliphatic rings. The molecule has 2 fully saturated rings. The van der Waals surface area contributed by atoms with Crippen LogP contribution in [0.4, 0.5) is 16.2 Å². The first-order valence-corrected chi connectivity index (χ1v) is 14.7. The molecule has 0 unspecified atom stereocenters. The van der Waals surface area contributed by atoms with E-state index in [4.69, 9.17) is 24.3 Å². The van der Waals surface area contributed by atoms with E-state index >= 15 is 4.39 Å². The van der Waals surface area contributed by atoms with Crippen molar-refractivity contribution < 1.29 is 32.3 Å². The number of rotatable bonds is 12. The molecule has 4 N–H and O–H groups in total. The van der Waals surface area contributed by atoms with Gasteiger partial charge in [-0.05, 0) is 45.7 Å². The Labute approximate surface area is 230 Å². The fourth-order valence-corrected chi connectivity index (χ4v) is 5.73. The quantitative estimate of drug-likeness (QED) is 0.211. The van der Waals surface area contributed by atoms with Crippen molar-refractivity contribution in [1.29, 1.82) is 0 Å². The lowest BCUT2D eigenvalue weighted by Crippen LogP contribution is -2.36. The van der Waals surface area contributed by atoms with E-state index in [0.29, 0.717) is 23.0 Å². The number of para-hydroxylation sites is 1. The number of anilines is 2. The van der Waals surface area contributed by atoms with Crippen LogP contribution in [0.2, 0.25) is 0 Å². The van der Waals surface area contributed by atoms with Gasteiger partial charge < -0.3 is 25.0 Å². The van der Waals surface area contributed by atoms with Crippen LogP contribution in [0.1, 0.15) is 46.3 Å². The van der Waals surface area contributed by atoms with Gasteiger partial charge >= 0.3 is 13.7 Å². The molecule has 1 saturated heterocycles. The second-order valence-electron chi connectivity index (χ2n) is 10.1. The van der Waals surface area contributed by atoms with Crippen LogP contribution < -0.4 is 20.7 Å². The first-order chi connectivity index (χ1) is 19.1. The summed E-state index contributed by atoms with van der Waals surface area (Å²) in [6.07, 6.45) is -0.217. The van der Waals surface area contributed by atoms with Crippen molar-refractivity contribution >= 4 is 36.6 Å². The minimum Gasteiger partial charge on any atom is -0.462 e. The summed E-state index contributed by atoms with van der Waals surface area (Å²) in [5.41, 5.74) is 6.71. The van der Waals surface area contributed by atoms with Crippen LogP contribution >= 0.6 is 7.75 Å². The Bertz CT molecular complexity index is 1390. The van der Waals surface area contributed by atoms with Gasteiger partial charge in [-0.2, -0.15) is 15.1 Å². The van der Waals surface area contributed by atoms with Crippen LogP contribution in [0.3, 0.4) is 0 Å². The van der Waals surface area contributed by atoms with Crippen LogP contribution in [0.25, 0.3) is 11.2 Å². The lowest BCUT2D eigenvalue weighted by atomic mass is 10.2. The van der Waals surface area contributed by atoms with E-state index in [-0.39, 0.29) is 30.8 Å². The fraction of sp³-hybridized carbons (Fsp3) is 0.520. The largest absolute Gasteiger partial charge is 0.462 e. The van der Waals surface area contributed by atoms with Gasteiger partial charge in [0.15, 0.2) is 23.2 Å². The van der Waals surface area contributed by atoms with Gasteiger partial charge in [-0.25, -0.2) is 13.9 Å². The molecule has 216 valence electrons. The molecular formula is C25H33FN7O6P. The highest BCUT2D eigenvalue weighted by molar-refractivity contribution is 7.52. The fourth-order valence-electron chi connectivity index (χ4n) is 4.21. The molecule has 5 atom stereocenters. The van der Waals surface area contributed by atoms with Crippen LogP contribution in [0.5, 0.6) is 5.75 Å². The first kappa shape index (κ1) is 28.2. The normalized spacial score (nSPS) is 23.2. The summed E-state index contributed by atoms with van der Waals surface area (Å²) in [5, 5.41) is 5.88. The molecule has 1 aliphatic carbocycles. The summed E-state index contributed by atoms with van der Waals surface area (Å²) >= 11 is 0. The second kappa shape index (κ2) is 11.7. The van der Waals surface area contributed by atoms with Crippen LogP contribution in [-0.4, -0.2) is 62.6 Å². The highest BCUT2D eigenvalue weighted by Gasteiger charge is 2.41. The third-order valence-electron chi connectivity index (χ3n) is 6.22. The Morgan fingerprint density at radius 2 is 2.00 bits per heavy atom. The smallest absolute Gasteiger partial charge is 0.459 e. The van der Waals surface area contributed by atoms with Gasteiger partial charge in [-0.3, -0.25) is 13.9 Å². The maximum atomic E-state index is 15.3. The summed E-state index contributed by atoms with van der Waals surface area (Å²) in [6, 6.07) is 7.66. The topological polar surface area (TPSA) is 165 Å². The highest BCUT2D eigenvalue weighted by atomic mass is 31.2. The molecule has 1 saturated carbocycles. The van der Waals surface area contributed by atoms with Crippen molar-refractivity contribution in [2.24, 2.45) is 0 Å². The predicted molar refractivity (Wildman–Crippen MR) is 144 cm³/mol. The second-order valence-corrected chi connectivity index (χ2v) is 11.8. The number of hydrogen-bond donors (Lipinski definition) is 3. The Hall–Kier alpha value is -3.32. The number of alkyl halides is 1. The molecule has 0 spiro atoms. The summed E-state index contributed by atoms with van der Waals surface area (Å²) in [7, 11) is -4.12. The number of ether oxygens (including phenoxy) is 2. The number of halogens is 1. The number of nitrogens with zero attached hydrogens (tertiary/aromatic N) is 4. The molecule has 40 heavy (non-hydrogen) atoms. The number of hydrogen-bond acceptors (Lipinski definition) is 11. The molecule has 0 amide bonds. The Morgan fingerprint density at radius 3 is 2.70 bits per heavy atom. The van der Waals surface area contributed by atoms with E-state index in [1.54, 1.807) is 44.2 Å². The van der Waals surface area contributed by atoms with Crippen molar-refractivity contribution in [1.82, 2.24) is 24.6 Å². The zero-order valence-corrected chi connectivity index (χ0v) is 23.3. The minimum atomic E-state index is -4.12. The van der Waals surface area contributed by atoms with Crippen molar-refractivity contribution in [3.05, 3.63) is 36.7 Å². The summed E-state index contributed by atoms with van der Waals surface area (Å²) in [5.74, 6) is 0.155. The van der Waals surface area contributed by atoms with Crippen LogP contribution in [0, 0.1) is 0 Å². The van der Waals surface area contributed by atoms with Crippen molar-refractivity contribution in [2.45, 2.75) is 76.7 Å². The minimum absolute atomic E-state index is 0.0286. The average molecular weight is 578 g/mol. The Balaban J connectivity index is 1.29. The number of imidazole rings is 1. The van der Waals surface area contributed by atoms with Gasteiger partial charge in [0.2, 0.25) is 5.95 Å². The number of nitrogens with one attached hydrogen (secondary N) is 2. The molecule has 2 aromatic heterocycles. The molecule has 3 heterocycles. The van der Waals surface area contributed by atoms with Gasteiger partial charge in [0.05, 0.1) is 25.1 Å². The van der Waals surface area contributed by atoms with Crippen LogP contribution in [-0.2, 0) is 23.4 Å². The van der Waals surface area contributed by atoms with Gasteiger partial charge in [-0.15, -0.1) is 0 Å². The molecule has 3 aromatic rings. The van der Waals surface area contributed by atoms with Crippen molar-refractivity contribution in [3.63, 3.8) is 0 Å². The predicted octanol–water partition coefficient (Wildman–Crippen LogP) is 3.74. The molecular weight excluding hydrogens is 544 g/mol. The Kier molecular flexibility index (Phi) is 8.22. The van der Waals surface area contributed by atoms with Gasteiger partial charge in [0.1, 0.15) is 18.0 Å². The van der Waals surface area contributed by atoms with E-state index in [0.717, 1.165) is 12.8 Å². The van der Waals surface area contributed by atoms with Crippen molar-refractivity contribution in [3.8, 4) is 5.75 Å². The summed E-state index contributed by atoms with van der Waals surface area (Å²) in [4.78, 5) is 25.2. The standard InChI is InChI=1S/C25H33FN7O6P/c1-14(2)37-24(34)15(3)32-40(35,39-17-7-5-4-6-8-17)36-12-18-11-19(26)23(38-18)33-13-28-20-21(29-16-9-10-16)30-25(27)31-22(20)33/h4-8,13-16,18-19,23H,9-12H2,1-3H3,(H,32,35)(H3,27,29,30,31)/t15-,18+,19+,23-,40-/m1/s1. The number of benzene rings is 1. The van der Waals surface area contributed by atoms with Crippen molar-refractivity contribution in [2.75, 3.05) is 17.7 Å². The molecule has 0 radical (unpaired) electrons. The number of nitrogen functional groups attached to an aromatic ring is 1. The van der Waals surface area contributed by atoms with E-state index < -0.39 is 38.3 Å². The number of nitrogens with two attached hydrogens (primary N) is 1. The third-order valence-corrected chi connectivity index (χ3v) is 7.86. The number of carbonyl (C=O) groups is 1. The zero-order valence-electron chi connectivity index (χ0n) is 22.4. The molecule has 1 aliphatic heterocycles. The van der Waals surface area contributed by atoms with E-state index in [1.807, 2.05) is 0 Å². The third kappa shape index (κ3) is 6.69. The van der Waals surface area contributed by atoms with E-state index in [9.17, 15) is 9.36 Å². The van der Waals surface area contributed by atoms with Gasteiger partial charge in [0, 0.05) is 12.5 Å². The number of aromatic nitrogens is 4. The number of fused-ring (bicyclic) bond motifs is 1. The molecule has 5 rings (SSSR count). The maximum absolute atomic E-state index is 15.3. The monoisotopic (exact) mass is 577 g/mol. The molecule has 15 heteroatoms. The highest BCUT2D eigenvalue weighted by Crippen LogP contribution is 2.46. The maximum Gasteiger partial charge on any atom is 0.459 e. The average Bonchev–Trinajstić information content (AvgIpc) is 3.49. The van der Waals surface area contributed by atoms with E-state index in [1.165, 1.54) is 17.8 Å². The number of carbonyl (C=O) groups excluding carboxylic acids is 1. The lowest BCUT2D eigenvalue weighted by molar-refractivity contribution is -0.149. The first-order valence-electron chi connectivity index (χ1n) is 13.1. The Morgan fingerprint density at radius 1 is 1.25 bits per heavy atom. The SMILES string of the molecule is CC(C)OC(=O)[C@@H](C)N[P@@](=O)(OC[C@@H]1C[C@H](F)[C@H](n2cnc3c(NC4CC4)nc(N)nc32)O1)Oc1ccccc1. The lowest BCUT2D eigenvalue weighted by Gasteiger charge is -2.24. The molecule has 13 nitrogen and oxygen atoms in total. The molecule has 0 bridgehead atoms. The number of esters is 1. The van der Waals surface area contributed by atoms with Gasteiger partial charge in [-0.1, -0.05) is 18.2 Å². The van der Waals surface area contributed by atoms with Gasteiger partial charge in [0.25, 0.3) is 0 Å². The molecule has 1 aromatic carbocycles. The summed E-state index contributed by atoms with van der Waals surface area (Å²) < 4.78 is 52.9. The summed E-state index contributed by atoms with van der Waals surface area (Å²) in [6.45, 7) is 4.62. The zero-order chi connectivity index (χ0) is 28.4. The van der Waals surface area contributed by atoms with Crippen LogP contribution in [0.15, 0.2) is 36.7 Å². The van der Waals surface area contributed by atoms with E-state index in [2.05, 4.69) is 25.4 Å².